The molecular weight excluding hydrogens is 318 g/mol. The molecule has 0 aliphatic carbocycles. The fourth-order valence-electron chi connectivity index (χ4n) is 2.23. The number of hydrogen-bond donors (Lipinski definition) is 1. The first kappa shape index (κ1) is 18.6. The van der Waals surface area contributed by atoms with Gasteiger partial charge in [-0.15, -0.1) is 0 Å². The minimum absolute atomic E-state index is 0.335. The second kappa shape index (κ2) is 8.42. The highest BCUT2D eigenvalue weighted by molar-refractivity contribution is 5.79. The Balaban J connectivity index is 1.91. The average Bonchev–Trinajstić information content (AvgIpc) is 2.61. The molecule has 5 heteroatoms. The SMILES string of the molecule is CCOC(=O)C(C)(C)Oc1ccc(CNc2ccc(OC)cc2)cc1. The quantitative estimate of drug-likeness (QED) is 0.734. The number of carbonyl (C=O) groups is 1. The third kappa shape index (κ3) is 5.41. The van der Waals surface area contributed by atoms with Gasteiger partial charge in [-0.25, -0.2) is 4.79 Å². The molecule has 0 heterocycles. The van der Waals surface area contributed by atoms with Crippen molar-refractivity contribution in [2.24, 2.45) is 0 Å². The van der Waals surface area contributed by atoms with E-state index in [1.54, 1.807) is 27.9 Å². The summed E-state index contributed by atoms with van der Waals surface area (Å²) in [5, 5.41) is 3.34. The Morgan fingerprint density at radius 3 is 2.16 bits per heavy atom. The van der Waals surface area contributed by atoms with Crippen molar-refractivity contribution in [3.63, 3.8) is 0 Å². The molecule has 0 aromatic heterocycles. The van der Waals surface area contributed by atoms with Gasteiger partial charge in [-0.2, -0.15) is 0 Å². The lowest BCUT2D eigenvalue weighted by atomic mass is 10.1. The second-order valence-electron chi connectivity index (χ2n) is 6.06. The third-order valence-electron chi connectivity index (χ3n) is 3.65. The molecule has 2 aromatic carbocycles. The molecule has 134 valence electrons. The largest absolute Gasteiger partial charge is 0.497 e. The minimum atomic E-state index is -1.02. The Labute approximate surface area is 148 Å². The van der Waals surface area contributed by atoms with E-state index < -0.39 is 5.60 Å². The van der Waals surface area contributed by atoms with Crippen molar-refractivity contribution < 1.29 is 19.0 Å². The summed E-state index contributed by atoms with van der Waals surface area (Å²) in [5.74, 6) is 1.09. The van der Waals surface area contributed by atoms with Gasteiger partial charge in [-0.05, 0) is 62.7 Å². The van der Waals surface area contributed by atoms with Crippen LogP contribution in [0.3, 0.4) is 0 Å². The Kier molecular flexibility index (Phi) is 6.28. The highest BCUT2D eigenvalue weighted by atomic mass is 16.6. The topological polar surface area (TPSA) is 56.8 Å². The number of nitrogens with one attached hydrogen (secondary N) is 1. The monoisotopic (exact) mass is 343 g/mol. The molecular formula is C20H25NO4. The maximum atomic E-state index is 11.9. The normalized spacial score (nSPS) is 10.9. The van der Waals surface area contributed by atoms with Crippen LogP contribution in [0.15, 0.2) is 48.5 Å². The number of methoxy groups -OCH3 is 1. The summed E-state index contributed by atoms with van der Waals surface area (Å²) in [6, 6.07) is 15.4. The Hall–Kier alpha value is -2.69. The summed E-state index contributed by atoms with van der Waals surface area (Å²) in [6.45, 7) is 6.20. The first-order valence-corrected chi connectivity index (χ1v) is 8.27. The molecule has 0 radical (unpaired) electrons. The zero-order chi connectivity index (χ0) is 18.3. The number of benzene rings is 2. The molecule has 0 amide bonds. The van der Waals surface area contributed by atoms with Crippen LogP contribution in [0, 0.1) is 0 Å². The number of rotatable bonds is 8. The molecule has 2 aromatic rings. The summed E-state index contributed by atoms with van der Waals surface area (Å²) in [4.78, 5) is 11.9. The number of carbonyl (C=O) groups excluding carboxylic acids is 1. The van der Waals surface area contributed by atoms with E-state index in [0.29, 0.717) is 18.9 Å². The van der Waals surface area contributed by atoms with Crippen molar-refractivity contribution in [3.05, 3.63) is 54.1 Å². The van der Waals surface area contributed by atoms with Crippen LogP contribution < -0.4 is 14.8 Å². The van der Waals surface area contributed by atoms with Crippen LogP contribution in [0.1, 0.15) is 26.3 Å². The van der Waals surface area contributed by atoms with E-state index >= 15 is 0 Å². The van der Waals surface area contributed by atoms with Gasteiger partial charge in [0, 0.05) is 12.2 Å². The molecule has 2 rings (SSSR count). The summed E-state index contributed by atoms with van der Waals surface area (Å²) in [6.07, 6.45) is 0. The molecule has 25 heavy (non-hydrogen) atoms. The third-order valence-corrected chi connectivity index (χ3v) is 3.65. The van der Waals surface area contributed by atoms with Crippen LogP contribution in [0.4, 0.5) is 5.69 Å². The van der Waals surface area contributed by atoms with Gasteiger partial charge in [0.1, 0.15) is 11.5 Å². The molecule has 0 saturated heterocycles. The predicted octanol–water partition coefficient (Wildman–Crippen LogP) is 4.03. The zero-order valence-electron chi connectivity index (χ0n) is 15.2. The van der Waals surface area contributed by atoms with Gasteiger partial charge in [-0.1, -0.05) is 12.1 Å². The van der Waals surface area contributed by atoms with E-state index in [9.17, 15) is 4.79 Å². The maximum absolute atomic E-state index is 11.9. The van der Waals surface area contributed by atoms with Crippen LogP contribution >= 0.6 is 0 Å². The minimum Gasteiger partial charge on any atom is -0.497 e. The second-order valence-corrected chi connectivity index (χ2v) is 6.06. The Morgan fingerprint density at radius 1 is 1.00 bits per heavy atom. The molecule has 0 unspecified atom stereocenters. The highest BCUT2D eigenvalue weighted by Crippen LogP contribution is 2.21. The van der Waals surface area contributed by atoms with Gasteiger partial charge < -0.3 is 19.5 Å². The van der Waals surface area contributed by atoms with Crippen molar-refractivity contribution >= 4 is 11.7 Å². The molecule has 0 aliphatic heterocycles. The smallest absolute Gasteiger partial charge is 0.349 e. The average molecular weight is 343 g/mol. The summed E-state index contributed by atoms with van der Waals surface area (Å²) in [5.41, 5.74) is 1.11. The van der Waals surface area contributed by atoms with Crippen molar-refractivity contribution in [1.29, 1.82) is 0 Å². The molecule has 1 N–H and O–H groups in total. The van der Waals surface area contributed by atoms with Gasteiger partial charge in [0.25, 0.3) is 0 Å². The maximum Gasteiger partial charge on any atom is 0.349 e. The lowest BCUT2D eigenvalue weighted by Gasteiger charge is -2.24. The van der Waals surface area contributed by atoms with Gasteiger partial charge in [-0.3, -0.25) is 0 Å². The Morgan fingerprint density at radius 2 is 1.60 bits per heavy atom. The van der Waals surface area contributed by atoms with Gasteiger partial charge in [0.05, 0.1) is 13.7 Å². The van der Waals surface area contributed by atoms with Crippen LogP contribution in [-0.4, -0.2) is 25.3 Å². The first-order chi connectivity index (χ1) is 11.9. The van der Waals surface area contributed by atoms with Crippen LogP contribution in [0.5, 0.6) is 11.5 Å². The van der Waals surface area contributed by atoms with E-state index in [0.717, 1.165) is 17.0 Å². The summed E-state index contributed by atoms with van der Waals surface area (Å²) in [7, 11) is 1.65. The van der Waals surface area contributed by atoms with Crippen LogP contribution in [-0.2, 0) is 16.1 Å². The van der Waals surface area contributed by atoms with E-state index in [-0.39, 0.29) is 5.97 Å². The van der Waals surface area contributed by atoms with Crippen molar-refractivity contribution in [1.82, 2.24) is 0 Å². The van der Waals surface area contributed by atoms with Crippen LogP contribution in [0.25, 0.3) is 0 Å². The standard InChI is InChI=1S/C20H25NO4/c1-5-24-19(22)20(2,3)25-18-10-6-15(7-11-18)14-21-16-8-12-17(23-4)13-9-16/h6-13,21H,5,14H2,1-4H3. The van der Waals surface area contributed by atoms with E-state index in [1.807, 2.05) is 48.5 Å². The van der Waals surface area contributed by atoms with Crippen molar-refractivity contribution in [2.75, 3.05) is 19.0 Å². The number of anilines is 1. The molecule has 0 fully saturated rings. The van der Waals surface area contributed by atoms with E-state index in [4.69, 9.17) is 14.2 Å². The molecule has 0 spiro atoms. The van der Waals surface area contributed by atoms with Crippen LogP contribution in [0.2, 0.25) is 0 Å². The van der Waals surface area contributed by atoms with Crippen molar-refractivity contribution in [2.45, 2.75) is 32.9 Å². The van der Waals surface area contributed by atoms with Gasteiger partial charge >= 0.3 is 5.97 Å². The lowest BCUT2D eigenvalue weighted by molar-refractivity contribution is -0.158. The van der Waals surface area contributed by atoms with E-state index in [2.05, 4.69) is 5.32 Å². The molecule has 0 bridgehead atoms. The predicted molar refractivity (Wildman–Crippen MR) is 98.1 cm³/mol. The van der Waals surface area contributed by atoms with E-state index in [1.165, 1.54) is 0 Å². The molecule has 0 saturated carbocycles. The first-order valence-electron chi connectivity index (χ1n) is 8.27. The molecule has 0 atom stereocenters. The van der Waals surface area contributed by atoms with Crippen molar-refractivity contribution in [3.8, 4) is 11.5 Å². The molecule has 5 nitrogen and oxygen atoms in total. The number of ether oxygens (including phenoxy) is 3. The summed E-state index contributed by atoms with van der Waals surface area (Å²) >= 11 is 0. The Bertz CT molecular complexity index is 678. The van der Waals surface area contributed by atoms with Gasteiger partial charge in [0.15, 0.2) is 5.60 Å². The fourth-order valence-corrected chi connectivity index (χ4v) is 2.23. The summed E-state index contributed by atoms with van der Waals surface area (Å²) < 4.78 is 15.9. The fraction of sp³-hybridized carbons (Fsp3) is 0.350. The number of hydrogen-bond acceptors (Lipinski definition) is 5. The lowest BCUT2D eigenvalue weighted by Crippen LogP contribution is -2.39. The van der Waals surface area contributed by atoms with Gasteiger partial charge in [0.2, 0.25) is 0 Å². The zero-order valence-corrected chi connectivity index (χ0v) is 15.2. The molecule has 0 aliphatic rings. The highest BCUT2D eigenvalue weighted by Gasteiger charge is 2.31. The number of esters is 1.